The second-order valence-corrected chi connectivity index (χ2v) is 7.27. The number of anilines is 1. The van der Waals surface area contributed by atoms with Gasteiger partial charge in [-0.2, -0.15) is 0 Å². The van der Waals surface area contributed by atoms with E-state index in [0.29, 0.717) is 4.90 Å². The molecule has 0 unspecified atom stereocenters. The molecule has 0 radical (unpaired) electrons. The van der Waals surface area contributed by atoms with Gasteiger partial charge in [-0.1, -0.05) is 25.4 Å². The molecule has 8 heteroatoms. The Labute approximate surface area is 156 Å². The molecule has 2 rings (SSSR count). The smallest absolute Gasteiger partial charge is 0.326 e. The van der Waals surface area contributed by atoms with Crippen LogP contribution in [0.1, 0.15) is 46.0 Å². The maximum Gasteiger partial charge on any atom is 0.326 e. The molecule has 26 heavy (non-hydrogen) atoms. The fraction of sp³-hybridized carbons (Fsp3) is 0.500. The fourth-order valence-corrected chi connectivity index (χ4v) is 3.16. The summed E-state index contributed by atoms with van der Waals surface area (Å²) < 4.78 is 20.3. The molecule has 1 aliphatic carbocycles. The maximum absolute atomic E-state index is 14.4. The van der Waals surface area contributed by atoms with Crippen molar-refractivity contribution in [2.75, 3.05) is 4.90 Å². The largest absolute Gasteiger partial charge is 0.489 e. The molecule has 1 saturated carbocycles. The number of benzene rings is 1. The summed E-state index contributed by atoms with van der Waals surface area (Å²) >= 11 is 6.06. The summed E-state index contributed by atoms with van der Waals surface area (Å²) in [5.74, 6) is -1.42. The minimum atomic E-state index is -1.13. The highest BCUT2D eigenvalue weighted by Gasteiger charge is 2.32. The van der Waals surface area contributed by atoms with Gasteiger partial charge in [-0.05, 0) is 37.7 Å². The third-order valence-electron chi connectivity index (χ3n) is 4.16. The van der Waals surface area contributed by atoms with Crippen LogP contribution in [0, 0.1) is 11.7 Å². The van der Waals surface area contributed by atoms with Crippen LogP contribution in [0.4, 0.5) is 14.9 Å². The van der Waals surface area contributed by atoms with Gasteiger partial charge >= 0.3 is 11.9 Å². The number of hydrogen-bond donors (Lipinski definition) is 2. The van der Waals surface area contributed by atoms with Gasteiger partial charge in [0.05, 0.1) is 16.8 Å². The lowest BCUT2D eigenvalue weighted by Gasteiger charge is -2.21. The number of amides is 3. The Hall–Kier alpha value is -2.15. The Morgan fingerprint density at radius 1 is 1.38 bits per heavy atom. The fourth-order valence-electron chi connectivity index (χ4n) is 2.96. The van der Waals surface area contributed by atoms with Gasteiger partial charge in [0.2, 0.25) is 5.71 Å². The molecule has 142 valence electrons. The predicted molar refractivity (Wildman–Crippen MR) is 97.8 cm³/mol. The van der Waals surface area contributed by atoms with Crippen molar-refractivity contribution < 1.29 is 24.1 Å². The Kier molecular flexibility index (Phi) is 6.58. The first kappa shape index (κ1) is 20.2. The number of imide groups is 1. The maximum atomic E-state index is 14.4. The molecule has 0 aliphatic heterocycles. The van der Waals surface area contributed by atoms with Gasteiger partial charge in [-0.25, -0.2) is 14.1 Å². The lowest BCUT2D eigenvalue weighted by molar-refractivity contribution is -0.136. The van der Waals surface area contributed by atoms with E-state index in [0.717, 1.165) is 31.7 Å². The van der Waals surface area contributed by atoms with Gasteiger partial charge in [0, 0.05) is 12.5 Å². The van der Waals surface area contributed by atoms with E-state index >= 15 is 0 Å². The summed E-state index contributed by atoms with van der Waals surface area (Å²) in [5, 5.41) is 5.85. The summed E-state index contributed by atoms with van der Waals surface area (Å²) in [4.78, 5) is 24.9. The van der Waals surface area contributed by atoms with Crippen LogP contribution in [0.15, 0.2) is 12.1 Å². The minimum absolute atomic E-state index is 0.0267. The second kappa shape index (κ2) is 8.49. The number of halogens is 2. The van der Waals surface area contributed by atoms with Crippen molar-refractivity contribution in [1.29, 1.82) is 0 Å². The van der Waals surface area contributed by atoms with Crippen LogP contribution in [-0.4, -0.2) is 23.8 Å². The number of nitrogens with two attached hydrogens (primary N) is 2. The Balaban J connectivity index is 2.36. The lowest BCUT2D eigenvalue weighted by atomic mass is 10.1. The van der Waals surface area contributed by atoms with E-state index in [1.807, 2.05) is 13.8 Å². The molecule has 0 heterocycles. The number of carbonyl (C=O) groups is 2. The molecule has 0 saturated heterocycles. The molecule has 1 fully saturated rings. The van der Waals surface area contributed by atoms with Crippen LogP contribution in [-0.2, 0) is 4.79 Å². The first-order valence-corrected chi connectivity index (χ1v) is 8.99. The van der Waals surface area contributed by atoms with Gasteiger partial charge in [0.15, 0.2) is 0 Å². The van der Waals surface area contributed by atoms with E-state index in [9.17, 15) is 14.0 Å². The van der Waals surface area contributed by atoms with Crippen molar-refractivity contribution in [3.8, 4) is 5.75 Å². The number of nitrogens with zero attached hydrogens (tertiary/aromatic N) is 1. The standard InChI is InChI=1S/C18H23ClFN3O3/c1-10(2)7-14(21)17(24)23(18(22)25)15-9-16(12(19)8-13(15)20)26-11-5-3-4-6-11/h8-11,21H,3-7H2,1-2H3,(H2,22,25)/p+1. The molecule has 4 N–H and O–H groups in total. The summed E-state index contributed by atoms with van der Waals surface area (Å²) in [6.45, 7) is 3.73. The number of ether oxygens (including phenoxy) is 1. The van der Waals surface area contributed by atoms with Crippen molar-refractivity contribution in [2.24, 2.45) is 11.7 Å². The quantitative estimate of drug-likeness (QED) is 0.737. The second-order valence-electron chi connectivity index (χ2n) is 6.86. The van der Waals surface area contributed by atoms with E-state index in [2.05, 4.69) is 0 Å². The Morgan fingerprint density at radius 2 is 2.00 bits per heavy atom. The van der Waals surface area contributed by atoms with Gasteiger partial charge < -0.3 is 10.5 Å². The molecule has 0 bridgehead atoms. The molecule has 1 aromatic carbocycles. The van der Waals surface area contributed by atoms with E-state index in [-0.39, 0.29) is 40.6 Å². The molecule has 1 aromatic rings. The number of primary amides is 1. The van der Waals surface area contributed by atoms with Gasteiger partial charge in [-0.15, -0.1) is 0 Å². The summed E-state index contributed by atoms with van der Waals surface area (Å²) in [6, 6.07) is 1.10. The summed E-state index contributed by atoms with van der Waals surface area (Å²) in [6.07, 6.45) is 4.06. The van der Waals surface area contributed by atoms with Crippen molar-refractivity contribution >= 4 is 34.9 Å². The first-order chi connectivity index (χ1) is 12.2. The minimum Gasteiger partial charge on any atom is -0.489 e. The zero-order chi connectivity index (χ0) is 19.4. The number of urea groups is 1. The van der Waals surface area contributed by atoms with E-state index in [4.69, 9.17) is 27.5 Å². The van der Waals surface area contributed by atoms with Crippen molar-refractivity contribution in [3.63, 3.8) is 0 Å². The summed E-state index contributed by atoms with van der Waals surface area (Å²) in [7, 11) is 0. The topological polar surface area (TPSA) is 98.2 Å². The predicted octanol–water partition coefficient (Wildman–Crippen LogP) is 2.46. The number of carbonyl (C=O) groups excluding carboxylic acids is 2. The first-order valence-electron chi connectivity index (χ1n) is 8.61. The average molecular weight is 385 g/mol. The van der Waals surface area contributed by atoms with Crippen molar-refractivity contribution in [2.45, 2.75) is 52.1 Å². The van der Waals surface area contributed by atoms with Crippen LogP contribution in [0.3, 0.4) is 0 Å². The van der Waals surface area contributed by atoms with Crippen LogP contribution in [0.5, 0.6) is 5.75 Å². The zero-order valence-corrected chi connectivity index (χ0v) is 15.7. The van der Waals surface area contributed by atoms with Gasteiger partial charge in [0.25, 0.3) is 0 Å². The molecule has 6 nitrogen and oxygen atoms in total. The molecular formula is C18H24ClFN3O3+. The third-order valence-corrected chi connectivity index (χ3v) is 4.46. The summed E-state index contributed by atoms with van der Waals surface area (Å²) in [5.41, 5.74) is 4.91. The number of hydrogen-bond acceptors (Lipinski definition) is 3. The van der Waals surface area contributed by atoms with E-state index in [1.165, 1.54) is 6.07 Å². The molecule has 1 aliphatic rings. The zero-order valence-electron chi connectivity index (χ0n) is 14.9. The van der Waals surface area contributed by atoms with E-state index in [1.54, 1.807) is 0 Å². The van der Waals surface area contributed by atoms with Crippen LogP contribution < -0.4 is 20.8 Å². The normalized spacial score (nSPS) is 14.5. The Bertz CT molecular complexity index is 718. The monoisotopic (exact) mass is 384 g/mol. The molecule has 0 aromatic heterocycles. The van der Waals surface area contributed by atoms with Crippen molar-refractivity contribution in [1.82, 2.24) is 0 Å². The van der Waals surface area contributed by atoms with Crippen LogP contribution in [0.2, 0.25) is 5.02 Å². The van der Waals surface area contributed by atoms with Crippen molar-refractivity contribution in [3.05, 3.63) is 23.0 Å². The lowest BCUT2D eigenvalue weighted by Crippen LogP contribution is -2.54. The van der Waals surface area contributed by atoms with Crippen LogP contribution in [0.25, 0.3) is 0 Å². The molecule has 0 atom stereocenters. The van der Waals surface area contributed by atoms with Gasteiger partial charge in [0.1, 0.15) is 11.6 Å². The highest BCUT2D eigenvalue weighted by atomic mass is 35.5. The highest BCUT2D eigenvalue weighted by molar-refractivity contribution is 6.46. The third kappa shape index (κ3) is 4.72. The SMILES string of the molecule is CC(C)CC(=[NH2+])C(=O)N(C(N)=O)c1cc(OC2CCCC2)c(Cl)cc1F. The Morgan fingerprint density at radius 3 is 2.54 bits per heavy atom. The molecule has 3 amide bonds. The van der Waals surface area contributed by atoms with Crippen LogP contribution >= 0.6 is 11.6 Å². The van der Waals surface area contributed by atoms with Gasteiger partial charge in [-0.3, -0.25) is 10.2 Å². The average Bonchev–Trinajstić information content (AvgIpc) is 3.03. The molecular weight excluding hydrogens is 361 g/mol. The highest BCUT2D eigenvalue weighted by Crippen LogP contribution is 2.35. The number of rotatable bonds is 6. The van der Waals surface area contributed by atoms with E-state index < -0.39 is 17.8 Å². The molecule has 0 spiro atoms.